The summed E-state index contributed by atoms with van der Waals surface area (Å²) < 4.78 is 17.0. The molecule has 2 aliphatic heterocycles. The summed E-state index contributed by atoms with van der Waals surface area (Å²) >= 11 is 0. The van der Waals surface area contributed by atoms with E-state index in [1.54, 1.807) is 6.92 Å². The Hall–Kier alpha value is -2.07. The molecule has 0 aliphatic carbocycles. The van der Waals surface area contributed by atoms with Gasteiger partial charge >= 0.3 is 5.97 Å². The van der Waals surface area contributed by atoms with Crippen LogP contribution in [0.1, 0.15) is 30.6 Å². The summed E-state index contributed by atoms with van der Waals surface area (Å²) in [5.74, 6) is 0.250. The normalized spacial score (nSPS) is 26.1. The smallest absolute Gasteiger partial charge is 0.336 e. The fourth-order valence-corrected chi connectivity index (χ4v) is 2.96. The number of aryl methyl sites for hydroxylation is 1. The highest BCUT2D eigenvalue weighted by Crippen LogP contribution is 2.50. The first-order valence-corrected chi connectivity index (χ1v) is 7.51. The van der Waals surface area contributed by atoms with Crippen molar-refractivity contribution in [3.05, 3.63) is 59.4 Å². The Balaban J connectivity index is 1.86. The molecular weight excluding hydrogens is 280 g/mol. The molecule has 0 spiro atoms. The molecule has 1 saturated heterocycles. The van der Waals surface area contributed by atoms with Gasteiger partial charge in [0.05, 0.1) is 18.8 Å². The van der Waals surface area contributed by atoms with Gasteiger partial charge in [0, 0.05) is 6.42 Å². The van der Waals surface area contributed by atoms with Gasteiger partial charge in [-0.25, -0.2) is 4.79 Å². The van der Waals surface area contributed by atoms with Crippen LogP contribution >= 0.6 is 0 Å². The van der Waals surface area contributed by atoms with E-state index in [4.69, 9.17) is 14.2 Å². The van der Waals surface area contributed by atoms with Crippen molar-refractivity contribution in [1.29, 1.82) is 0 Å². The van der Waals surface area contributed by atoms with Gasteiger partial charge in [0.15, 0.2) is 5.60 Å². The second-order valence-electron chi connectivity index (χ2n) is 5.63. The highest BCUT2D eigenvalue weighted by atomic mass is 16.6. The molecule has 3 rings (SSSR count). The summed E-state index contributed by atoms with van der Waals surface area (Å²) in [6.45, 7) is 8.47. The molecule has 1 fully saturated rings. The predicted octanol–water partition coefficient (Wildman–Crippen LogP) is 3.23. The summed E-state index contributed by atoms with van der Waals surface area (Å²) in [6, 6.07) is 8.19. The first-order valence-electron chi connectivity index (χ1n) is 7.51. The van der Waals surface area contributed by atoms with Gasteiger partial charge in [-0.15, -0.1) is 0 Å². The maximum Gasteiger partial charge on any atom is 0.336 e. The second-order valence-corrected chi connectivity index (χ2v) is 5.63. The molecule has 1 aromatic rings. The lowest BCUT2D eigenvalue weighted by molar-refractivity contribution is -0.141. The predicted molar refractivity (Wildman–Crippen MR) is 82.2 cm³/mol. The molecular formula is C18H20O4. The standard InChI is InChI=1S/C18H20O4/c1-4-20-17(19)13(3)18-11-15(22-16(18)9-10-21-18)14-7-5-12(2)6-8-14/h5-9,15H,3-4,10-11H2,1-2H3. The molecule has 2 aliphatic rings. The Bertz CT molecular complexity index is 629. The quantitative estimate of drug-likeness (QED) is 0.632. The van der Waals surface area contributed by atoms with E-state index in [0.717, 1.165) is 5.56 Å². The summed E-state index contributed by atoms with van der Waals surface area (Å²) in [4.78, 5) is 12.1. The molecule has 2 unspecified atom stereocenters. The van der Waals surface area contributed by atoms with Gasteiger partial charge in [-0.3, -0.25) is 0 Å². The van der Waals surface area contributed by atoms with Crippen LogP contribution in [-0.2, 0) is 19.0 Å². The Morgan fingerprint density at radius 2 is 2.14 bits per heavy atom. The van der Waals surface area contributed by atoms with Crippen molar-refractivity contribution < 1.29 is 19.0 Å². The molecule has 0 saturated carbocycles. The summed E-state index contributed by atoms with van der Waals surface area (Å²) in [5, 5.41) is 0. The van der Waals surface area contributed by atoms with Crippen molar-refractivity contribution in [1.82, 2.24) is 0 Å². The lowest BCUT2D eigenvalue weighted by Gasteiger charge is -2.25. The number of carbonyl (C=O) groups excluding carboxylic acids is 1. The van der Waals surface area contributed by atoms with Crippen LogP contribution < -0.4 is 0 Å². The van der Waals surface area contributed by atoms with Crippen molar-refractivity contribution in [3.8, 4) is 0 Å². The molecule has 1 aromatic carbocycles. The third-order valence-corrected chi connectivity index (χ3v) is 4.20. The Labute approximate surface area is 130 Å². The first-order chi connectivity index (χ1) is 10.6. The zero-order chi connectivity index (χ0) is 15.7. The number of carbonyl (C=O) groups is 1. The number of benzene rings is 1. The zero-order valence-electron chi connectivity index (χ0n) is 12.9. The lowest BCUT2D eigenvalue weighted by atomic mass is 9.88. The monoisotopic (exact) mass is 300 g/mol. The molecule has 0 radical (unpaired) electrons. The van der Waals surface area contributed by atoms with E-state index in [1.807, 2.05) is 25.1 Å². The molecule has 22 heavy (non-hydrogen) atoms. The highest BCUT2D eigenvalue weighted by Gasteiger charge is 2.53. The van der Waals surface area contributed by atoms with E-state index in [2.05, 4.69) is 18.7 Å². The van der Waals surface area contributed by atoms with Crippen molar-refractivity contribution in [3.63, 3.8) is 0 Å². The minimum atomic E-state index is -0.873. The van der Waals surface area contributed by atoms with Crippen molar-refractivity contribution in [2.45, 2.75) is 32.0 Å². The number of hydrogen-bond acceptors (Lipinski definition) is 4. The number of ether oxygens (including phenoxy) is 3. The van der Waals surface area contributed by atoms with Crippen LogP contribution in [0.25, 0.3) is 0 Å². The molecule has 2 heterocycles. The summed E-state index contributed by atoms with van der Waals surface area (Å²) in [6.07, 6.45) is 2.27. The summed E-state index contributed by atoms with van der Waals surface area (Å²) in [7, 11) is 0. The molecule has 0 aromatic heterocycles. The van der Waals surface area contributed by atoms with Gasteiger partial charge in [0.2, 0.25) is 0 Å². The lowest BCUT2D eigenvalue weighted by Crippen LogP contribution is -2.35. The SMILES string of the molecule is C=C(C(=O)OCC)C12CC(c3ccc(C)cc3)OC1=CCO2. The van der Waals surface area contributed by atoms with E-state index in [0.29, 0.717) is 31.0 Å². The Morgan fingerprint density at radius 3 is 2.82 bits per heavy atom. The molecule has 0 N–H and O–H groups in total. The molecule has 4 nitrogen and oxygen atoms in total. The van der Waals surface area contributed by atoms with E-state index in [-0.39, 0.29) is 6.10 Å². The van der Waals surface area contributed by atoms with E-state index >= 15 is 0 Å². The van der Waals surface area contributed by atoms with Gasteiger partial charge < -0.3 is 14.2 Å². The zero-order valence-corrected chi connectivity index (χ0v) is 12.9. The van der Waals surface area contributed by atoms with Crippen LogP contribution in [0.2, 0.25) is 0 Å². The fraction of sp³-hybridized carbons (Fsp3) is 0.389. The van der Waals surface area contributed by atoms with Crippen molar-refractivity contribution in [2.24, 2.45) is 0 Å². The topological polar surface area (TPSA) is 44.8 Å². The van der Waals surface area contributed by atoms with Crippen LogP contribution in [-0.4, -0.2) is 24.8 Å². The van der Waals surface area contributed by atoms with E-state index < -0.39 is 11.6 Å². The Morgan fingerprint density at radius 1 is 1.41 bits per heavy atom. The molecule has 2 atom stereocenters. The van der Waals surface area contributed by atoms with Gasteiger partial charge in [-0.2, -0.15) is 0 Å². The number of rotatable bonds is 4. The van der Waals surface area contributed by atoms with E-state index in [1.165, 1.54) is 5.56 Å². The molecule has 0 bridgehead atoms. The van der Waals surface area contributed by atoms with Gasteiger partial charge in [-0.1, -0.05) is 36.4 Å². The van der Waals surface area contributed by atoms with Gasteiger partial charge in [-0.05, 0) is 25.5 Å². The first kappa shape index (κ1) is 14.9. The maximum absolute atomic E-state index is 12.1. The molecule has 4 heteroatoms. The van der Waals surface area contributed by atoms with Crippen LogP contribution in [0.3, 0.4) is 0 Å². The number of fused-ring (bicyclic) bond motifs is 1. The largest absolute Gasteiger partial charge is 0.487 e. The average molecular weight is 300 g/mol. The maximum atomic E-state index is 12.1. The average Bonchev–Trinajstić information content (AvgIpc) is 3.05. The minimum Gasteiger partial charge on any atom is -0.487 e. The van der Waals surface area contributed by atoms with Crippen LogP contribution in [0.15, 0.2) is 48.3 Å². The van der Waals surface area contributed by atoms with Gasteiger partial charge in [0.1, 0.15) is 11.9 Å². The third kappa shape index (κ3) is 2.33. The third-order valence-electron chi connectivity index (χ3n) is 4.20. The number of esters is 1. The second kappa shape index (κ2) is 5.61. The molecule has 116 valence electrons. The van der Waals surface area contributed by atoms with Crippen LogP contribution in [0.4, 0.5) is 0 Å². The molecule has 0 amide bonds. The van der Waals surface area contributed by atoms with Crippen LogP contribution in [0, 0.1) is 6.92 Å². The van der Waals surface area contributed by atoms with E-state index in [9.17, 15) is 4.79 Å². The fourth-order valence-electron chi connectivity index (χ4n) is 2.96. The van der Waals surface area contributed by atoms with Crippen molar-refractivity contribution >= 4 is 5.97 Å². The summed E-state index contributed by atoms with van der Waals surface area (Å²) in [5.41, 5.74) is 1.71. The minimum absolute atomic E-state index is 0.140. The van der Waals surface area contributed by atoms with Crippen LogP contribution in [0.5, 0.6) is 0 Å². The van der Waals surface area contributed by atoms with Gasteiger partial charge in [0.25, 0.3) is 0 Å². The highest BCUT2D eigenvalue weighted by molar-refractivity contribution is 5.91. The number of hydrogen-bond donors (Lipinski definition) is 0. The van der Waals surface area contributed by atoms with Crippen molar-refractivity contribution in [2.75, 3.05) is 13.2 Å². The Kier molecular flexibility index (Phi) is 3.79.